The lowest BCUT2D eigenvalue weighted by Crippen LogP contribution is -2.41. The van der Waals surface area contributed by atoms with Crippen molar-refractivity contribution in [2.45, 2.75) is 5.54 Å². The average molecular weight is 223 g/mol. The Hall–Kier alpha value is -1.62. The van der Waals surface area contributed by atoms with Crippen LogP contribution in [-0.2, 0) is 10.3 Å². The van der Waals surface area contributed by atoms with Crippen LogP contribution in [0.25, 0.3) is 0 Å². The van der Waals surface area contributed by atoms with Crippen LogP contribution in [0.15, 0.2) is 29.3 Å². The molecule has 0 radical (unpaired) electrons. The molecule has 0 amide bonds. The molecule has 4 N–H and O–H groups in total. The number of hydrogen-bond donors (Lipinski definition) is 2. The number of ether oxygens (including phenoxy) is 1. The van der Waals surface area contributed by atoms with Crippen molar-refractivity contribution in [3.05, 3.63) is 29.8 Å². The van der Waals surface area contributed by atoms with Crippen molar-refractivity contribution in [3.8, 4) is 0 Å². The number of anilines is 1. The number of rotatable bonds is 2. The second-order valence-corrected chi connectivity index (χ2v) is 3.89. The predicted octanol–water partition coefficient (Wildman–Crippen LogP) is 0.821. The fourth-order valence-electron chi connectivity index (χ4n) is 1.79. The number of nitrogens with two attached hydrogens (primary N) is 2. The van der Waals surface area contributed by atoms with Gasteiger partial charge in [0.05, 0.1) is 6.61 Å². The molecule has 0 spiro atoms. The molecular weight excluding hydrogens is 209 g/mol. The monoisotopic (exact) mass is 223 g/mol. The zero-order valence-electron chi connectivity index (χ0n) is 8.82. The number of alkyl halides is 1. The molecule has 1 aliphatic heterocycles. The molecule has 5 heteroatoms. The van der Waals surface area contributed by atoms with Gasteiger partial charge in [0.1, 0.15) is 24.7 Å². The van der Waals surface area contributed by atoms with Crippen LogP contribution in [0.1, 0.15) is 5.56 Å². The fourth-order valence-corrected chi connectivity index (χ4v) is 1.79. The third-order valence-corrected chi connectivity index (χ3v) is 2.59. The van der Waals surface area contributed by atoms with Gasteiger partial charge in [0, 0.05) is 5.69 Å². The van der Waals surface area contributed by atoms with Crippen LogP contribution >= 0.6 is 0 Å². The summed E-state index contributed by atoms with van der Waals surface area (Å²) in [7, 11) is 0. The molecule has 4 nitrogen and oxygen atoms in total. The summed E-state index contributed by atoms with van der Waals surface area (Å²) >= 11 is 0. The highest BCUT2D eigenvalue weighted by atomic mass is 19.1. The normalized spacial score (nSPS) is 25.2. The maximum atomic E-state index is 13.2. The molecule has 1 aliphatic rings. The van der Waals surface area contributed by atoms with Crippen molar-refractivity contribution in [2.24, 2.45) is 10.7 Å². The lowest BCUT2D eigenvalue weighted by atomic mass is 9.91. The summed E-state index contributed by atoms with van der Waals surface area (Å²) < 4.78 is 18.5. The van der Waals surface area contributed by atoms with E-state index in [-0.39, 0.29) is 13.2 Å². The summed E-state index contributed by atoms with van der Waals surface area (Å²) in [5, 5.41) is 0. The minimum atomic E-state index is -1.03. The molecule has 1 aromatic rings. The number of hydrogen-bond acceptors (Lipinski definition) is 4. The van der Waals surface area contributed by atoms with Gasteiger partial charge in [0.25, 0.3) is 0 Å². The van der Waals surface area contributed by atoms with Crippen molar-refractivity contribution in [1.82, 2.24) is 0 Å². The lowest BCUT2D eigenvalue weighted by Gasteiger charge is -2.31. The van der Waals surface area contributed by atoms with Gasteiger partial charge in [-0.05, 0) is 17.7 Å². The van der Waals surface area contributed by atoms with E-state index in [1.807, 2.05) is 0 Å². The number of halogens is 1. The molecule has 0 aliphatic carbocycles. The number of aliphatic imine (C=N–C) groups is 1. The molecule has 0 saturated carbocycles. The van der Waals surface area contributed by atoms with Crippen molar-refractivity contribution < 1.29 is 9.13 Å². The maximum absolute atomic E-state index is 13.2. The summed E-state index contributed by atoms with van der Waals surface area (Å²) in [6.45, 7) is -0.213. The van der Waals surface area contributed by atoms with Crippen LogP contribution in [0.2, 0.25) is 0 Å². The van der Waals surface area contributed by atoms with E-state index in [9.17, 15) is 4.39 Å². The molecule has 0 aromatic heterocycles. The van der Waals surface area contributed by atoms with Gasteiger partial charge in [0.2, 0.25) is 0 Å². The largest absolute Gasteiger partial charge is 0.399 e. The topological polar surface area (TPSA) is 73.6 Å². The first-order valence-electron chi connectivity index (χ1n) is 5.00. The highest BCUT2D eigenvalue weighted by molar-refractivity contribution is 5.82. The van der Waals surface area contributed by atoms with E-state index >= 15 is 0 Å². The third kappa shape index (κ3) is 1.86. The summed E-state index contributed by atoms with van der Waals surface area (Å²) in [5.41, 5.74) is 11.5. The number of nitrogens with zero attached hydrogens (tertiary/aromatic N) is 1. The Bertz CT molecular complexity index is 421. The van der Waals surface area contributed by atoms with Gasteiger partial charge in [-0.3, -0.25) is 4.99 Å². The Labute approximate surface area is 93.1 Å². The summed E-state index contributed by atoms with van der Waals surface area (Å²) in [5.74, 6) is 0.311. The van der Waals surface area contributed by atoms with E-state index < -0.39 is 12.2 Å². The summed E-state index contributed by atoms with van der Waals surface area (Å²) in [6.07, 6.45) is 0. The van der Waals surface area contributed by atoms with Crippen LogP contribution in [0.3, 0.4) is 0 Å². The quantitative estimate of drug-likeness (QED) is 0.729. The fraction of sp³-hybridized carbons (Fsp3) is 0.364. The molecule has 0 saturated heterocycles. The second-order valence-electron chi connectivity index (χ2n) is 3.89. The molecule has 1 heterocycles. The van der Waals surface area contributed by atoms with Gasteiger partial charge in [-0.1, -0.05) is 12.1 Å². The van der Waals surface area contributed by atoms with Crippen LogP contribution in [0.5, 0.6) is 0 Å². The molecule has 16 heavy (non-hydrogen) atoms. The highest BCUT2D eigenvalue weighted by Gasteiger charge is 2.35. The maximum Gasteiger partial charge on any atom is 0.139 e. The van der Waals surface area contributed by atoms with Crippen LogP contribution in [0, 0.1) is 0 Å². The zero-order chi connectivity index (χ0) is 11.6. The van der Waals surface area contributed by atoms with E-state index in [0.29, 0.717) is 17.1 Å². The van der Waals surface area contributed by atoms with Crippen molar-refractivity contribution in [2.75, 3.05) is 25.6 Å². The Balaban J connectivity index is 2.45. The average Bonchev–Trinajstić information content (AvgIpc) is 2.29. The van der Waals surface area contributed by atoms with Gasteiger partial charge in [-0.25, -0.2) is 4.39 Å². The Morgan fingerprint density at radius 3 is 2.88 bits per heavy atom. The van der Waals surface area contributed by atoms with Crippen LogP contribution < -0.4 is 11.5 Å². The van der Waals surface area contributed by atoms with Crippen LogP contribution in [-0.4, -0.2) is 25.7 Å². The smallest absolute Gasteiger partial charge is 0.139 e. The number of amidine groups is 1. The molecular formula is C11H14FN3O. The Kier molecular flexibility index (Phi) is 2.78. The number of nitrogen functional groups attached to an aromatic ring is 1. The lowest BCUT2D eigenvalue weighted by molar-refractivity contribution is 0.0828. The zero-order valence-corrected chi connectivity index (χ0v) is 8.82. The molecule has 0 bridgehead atoms. The van der Waals surface area contributed by atoms with Gasteiger partial charge in [-0.15, -0.1) is 0 Å². The van der Waals surface area contributed by atoms with Crippen molar-refractivity contribution in [1.29, 1.82) is 0 Å². The molecule has 2 rings (SSSR count). The van der Waals surface area contributed by atoms with Gasteiger partial charge in [-0.2, -0.15) is 0 Å². The molecule has 1 atom stereocenters. The van der Waals surface area contributed by atoms with Gasteiger partial charge < -0.3 is 16.2 Å². The molecule has 0 fully saturated rings. The third-order valence-electron chi connectivity index (χ3n) is 2.59. The molecule has 86 valence electrons. The predicted molar refractivity (Wildman–Crippen MR) is 60.9 cm³/mol. The standard InChI is InChI=1S/C11H14FN3O/c12-6-11(7-16-5-10(14)15-11)8-2-1-3-9(13)4-8/h1-4H,5-7,13H2,(H2,14,15). The Morgan fingerprint density at radius 1 is 1.44 bits per heavy atom. The Morgan fingerprint density at radius 2 is 2.25 bits per heavy atom. The van der Waals surface area contributed by atoms with Crippen molar-refractivity contribution in [3.63, 3.8) is 0 Å². The minimum absolute atomic E-state index is 0.188. The van der Waals surface area contributed by atoms with E-state index in [0.717, 1.165) is 0 Å². The molecule has 1 aromatic carbocycles. The first-order chi connectivity index (χ1) is 7.66. The van der Waals surface area contributed by atoms with E-state index in [4.69, 9.17) is 16.2 Å². The summed E-state index contributed by atoms with van der Waals surface area (Å²) in [4.78, 5) is 4.18. The number of benzene rings is 1. The van der Waals surface area contributed by atoms with Gasteiger partial charge >= 0.3 is 0 Å². The van der Waals surface area contributed by atoms with E-state index in [2.05, 4.69) is 4.99 Å². The van der Waals surface area contributed by atoms with E-state index in [1.54, 1.807) is 24.3 Å². The summed E-state index contributed by atoms with van der Waals surface area (Å²) in [6, 6.07) is 6.99. The van der Waals surface area contributed by atoms with E-state index in [1.165, 1.54) is 0 Å². The molecule has 1 unspecified atom stereocenters. The van der Waals surface area contributed by atoms with Crippen molar-refractivity contribution >= 4 is 11.5 Å². The van der Waals surface area contributed by atoms with Gasteiger partial charge in [0.15, 0.2) is 0 Å². The first-order valence-corrected chi connectivity index (χ1v) is 5.00. The highest BCUT2D eigenvalue weighted by Crippen LogP contribution is 2.30. The second kappa shape index (κ2) is 4.09. The minimum Gasteiger partial charge on any atom is -0.399 e. The SMILES string of the molecule is NC1=NC(CF)(c2cccc(N)c2)COC1. The first kappa shape index (κ1) is 10.9. The van der Waals surface area contributed by atoms with Crippen LogP contribution in [0.4, 0.5) is 10.1 Å².